The van der Waals surface area contributed by atoms with Gasteiger partial charge in [0.15, 0.2) is 0 Å². The summed E-state index contributed by atoms with van der Waals surface area (Å²) in [6.45, 7) is 0. The third-order valence-corrected chi connectivity index (χ3v) is 2.18. The van der Waals surface area contributed by atoms with Crippen molar-refractivity contribution in [1.82, 2.24) is 3.71 Å². The number of hydrogen-bond acceptors (Lipinski definition) is 5. The summed E-state index contributed by atoms with van der Waals surface area (Å²) in [5, 5.41) is 0. The molecule has 0 saturated heterocycles. The first-order valence-corrected chi connectivity index (χ1v) is 9.02. The molecule has 0 fully saturated rings. The van der Waals surface area contributed by atoms with Crippen molar-refractivity contribution in [3.05, 3.63) is 0 Å². The maximum atomic E-state index is 10.4. The summed E-state index contributed by atoms with van der Waals surface area (Å²) in [5.41, 5.74) is 0. The summed E-state index contributed by atoms with van der Waals surface area (Å²) < 4.78 is 5.21. The van der Waals surface area contributed by atoms with Gasteiger partial charge in [0.05, 0.1) is 0 Å². The van der Waals surface area contributed by atoms with Crippen LogP contribution in [0.1, 0.15) is 0 Å². The van der Waals surface area contributed by atoms with E-state index in [1.165, 1.54) is 0 Å². The Bertz CT molecular complexity index is 137. The van der Waals surface area contributed by atoms with Gasteiger partial charge < -0.3 is 0 Å². The molecule has 0 heterocycles. The van der Waals surface area contributed by atoms with Gasteiger partial charge in [0.1, 0.15) is 0 Å². The van der Waals surface area contributed by atoms with Crippen LogP contribution in [0.15, 0.2) is 0 Å². The molecule has 0 aliphatic carbocycles. The van der Waals surface area contributed by atoms with Crippen molar-refractivity contribution in [3.63, 3.8) is 0 Å². The summed E-state index contributed by atoms with van der Waals surface area (Å²) >= 11 is 4.82. The molecule has 1 amide bonds. The van der Waals surface area contributed by atoms with Crippen LogP contribution in [0.4, 0.5) is 4.79 Å². The van der Waals surface area contributed by atoms with E-state index in [9.17, 15) is 4.79 Å². The first kappa shape index (κ1) is 10.2. The quantitative estimate of drug-likeness (QED) is 0.505. The van der Waals surface area contributed by atoms with Crippen LogP contribution in [-0.4, -0.2) is 9.80 Å². The molecular formula is CH3MoNO2S4. The SMILES string of the molecule is O=C([O][Mo](=[S])[SH])N(S)S. The average molecular weight is 285 g/mol. The van der Waals surface area contributed by atoms with Gasteiger partial charge >= 0.3 is 78.4 Å². The Kier molecular flexibility index (Phi) is 5.63. The predicted molar refractivity (Wildman–Crippen MR) is 42.9 cm³/mol. The van der Waals surface area contributed by atoms with E-state index in [0.717, 1.165) is 3.71 Å². The molecule has 0 aromatic carbocycles. The number of thiol groups is 3. The average Bonchev–Trinajstić information content (AvgIpc) is 1.63. The van der Waals surface area contributed by atoms with Crippen LogP contribution in [0.5, 0.6) is 0 Å². The minimum atomic E-state index is -2.25. The molecule has 0 unspecified atom stereocenters. The molecule has 0 N–H and O–H groups in total. The number of nitrogens with zero attached hydrogens (tertiary/aromatic N) is 1. The Morgan fingerprint density at radius 3 is 2.22 bits per heavy atom. The number of carbonyl (C=O) groups excluding carboxylic acids is 1. The van der Waals surface area contributed by atoms with Gasteiger partial charge in [0.25, 0.3) is 0 Å². The number of rotatable bonds is 1. The Balaban J connectivity index is 3.64. The summed E-state index contributed by atoms with van der Waals surface area (Å²) in [7, 11) is 8.35. The Hall–Kier alpha value is 1.23. The molecule has 0 radical (unpaired) electrons. The second-order valence-electron chi connectivity index (χ2n) is 0.856. The first-order chi connectivity index (χ1) is 4.04. The molecule has 0 aromatic rings. The van der Waals surface area contributed by atoms with Crippen molar-refractivity contribution >= 4 is 51.9 Å². The fraction of sp³-hybridized carbons (Fsp3) is 0. The van der Waals surface area contributed by atoms with Gasteiger partial charge in [0.2, 0.25) is 0 Å². The molecule has 0 spiro atoms. The van der Waals surface area contributed by atoms with Crippen molar-refractivity contribution in [2.24, 2.45) is 0 Å². The summed E-state index contributed by atoms with van der Waals surface area (Å²) in [6, 6.07) is 0. The van der Waals surface area contributed by atoms with E-state index < -0.39 is 20.7 Å². The van der Waals surface area contributed by atoms with Crippen LogP contribution in [0.25, 0.3) is 0 Å². The Morgan fingerprint density at radius 2 is 2.11 bits per heavy atom. The standard InChI is InChI=1S/CH3NO2S2.Mo.H2S.S/c3-1(4)2(5)6;;;/h5-6H,(H,3,4);;1H2;/q;+2;;/p-2. The van der Waals surface area contributed by atoms with Crippen molar-refractivity contribution in [2.45, 2.75) is 0 Å². The van der Waals surface area contributed by atoms with Gasteiger partial charge in [-0.3, -0.25) is 0 Å². The van der Waals surface area contributed by atoms with Crippen LogP contribution in [0.3, 0.4) is 0 Å². The minimum absolute atomic E-state index is 0.664. The molecule has 0 saturated carbocycles. The van der Waals surface area contributed by atoms with E-state index in [4.69, 9.17) is 0 Å². The molecule has 8 heteroatoms. The molecule has 9 heavy (non-hydrogen) atoms. The second-order valence-corrected chi connectivity index (χ2v) is 8.66. The zero-order chi connectivity index (χ0) is 7.44. The van der Waals surface area contributed by atoms with E-state index in [-0.39, 0.29) is 0 Å². The van der Waals surface area contributed by atoms with Crippen molar-refractivity contribution in [2.75, 3.05) is 0 Å². The fourth-order valence-corrected chi connectivity index (χ4v) is 1.67. The molecule has 0 atom stereocenters. The van der Waals surface area contributed by atoms with Gasteiger partial charge in [-0.15, -0.1) is 0 Å². The zero-order valence-electron chi connectivity index (χ0n) is 3.92. The normalized spacial score (nSPS) is 9.33. The maximum absolute atomic E-state index is 10.4. The molecule has 0 aliphatic rings. The van der Waals surface area contributed by atoms with Crippen LogP contribution < -0.4 is 0 Å². The van der Waals surface area contributed by atoms with E-state index in [1.54, 1.807) is 0 Å². The van der Waals surface area contributed by atoms with E-state index in [0.29, 0.717) is 0 Å². The van der Waals surface area contributed by atoms with Gasteiger partial charge in [-0.1, -0.05) is 0 Å². The van der Waals surface area contributed by atoms with Crippen LogP contribution in [0.2, 0.25) is 0 Å². The zero-order valence-corrected chi connectivity index (χ0v) is 9.43. The monoisotopic (exact) mass is 287 g/mol. The fourth-order valence-electron chi connectivity index (χ4n) is 0.0943. The topological polar surface area (TPSA) is 29.5 Å². The van der Waals surface area contributed by atoms with Crippen LogP contribution in [0, 0.1) is 0 Å². The molecule has 0 aliphatic heterocycles. The van der Waals surface area contributed by atoms with Crippen LogP contribution >= 0.6 is 45.8 Å². The van der Waals surface area contributed by atoms with Crippen molar-refractivity contribution < 1.29 is 22.8 Å². The second kappa shape index (κ2) is 4.96. The third kappa shape index (κ3) is 5.66. The molecule has 0 aromatic heterocycles. The number of amides is 1. The van der Waals surface area contributed by atoms with Crippen LogP contribution in [-0.2, 0) is 18.0 Å². The van der Waals surface area contributed by atoms with Gasteiger partial charge in [-0.2, -0.15) is 0 Å². The molecule has 0 rings (SSSR count). The third-order valence-electron chi connectivity index (χ3n) is 0.306. The van der Waals surface area contributed by atoms with Gasteiger partial charge in [0, 0.05) is 0 Å². The van der Waals surface area contributed by atoms with Gasteiger partial charge in [-0.05, 0) is 0 Å². The summed E-state index contributed by atoms with van der Waals surface area (Å²) in [6.07, 6.45) is -0.664. The van der Waals surface area contributed by atoms with E-state index >= 15 is 0 Å². The predicted octanol–water partition coefficient (Wildman–Crippen LogP) is 1.61. The molecular weight excluding hydrogens is 282 g/mol. The van der Waals surface area contributed by atoms with Crippen molar-refractivity contribution in [1.29, 1.82) is 0 Å². The van der Waals surface area contributed by atoms with Crippen molar-refractivity contribution in [3.8, 4) is 0 Å². The number of carbonyl (C=O) groups is 1. The molecule has 0 bridgehead atoms. The molecule has 3 nitrogen and oxygen atoms in total. The first-order valence-electron chi connectivity index (χ1n) is 1.55. The van der Waals surface area contributed by atoms with E-state index in [1.807, 2.05) is 0 Å². The summed E-state index contributed by atoms with van der Waals surface area (Å²) in [4.78, 5) is 10.4. The summed E-state index contributed by atoms with van der Waals surface area (Å²) in [5.74, 6) is 0. The van der Waals surface area contributed by atoms with E-state index in [2.05, 4.69) is 49.2 Å². The molecule has 54 valence electrons. The number of hydrogen-bond donors (Lipinski definition) is 3. The Morgan fingerprint density at radius 1 is 1.67 bits per heavy atom. The van der Waals surface area contributed by atoms with Gasteiger partial charge in [-0.25, -0.2) is 0 Å². The Labute approximate surface area is 77.8 Å².